The van der Waals surface area contributed by atoms with Crippen molar-refractivity contribution in [2.24, 2.45) is 0 Å². The molecule has 0 fully saturated rings. The van der Waals surface area contributed by atoms with Crippen molar-refractivity contribution in [1.29, 1.82) is 0 Å². The van der Waals surface area contributed by atoms with E-state index in [2.05, 4.69) is 27.5 Å². The number of aliphatic hydroxyl groups is 1. The molecule has 0 aliphatic carbocycles. The summed E-state index contributed by atoms with van der Waals surface area (Å²) in [6.45, 7) is 0. The Bertz CT molecular complexity index is 357. The first kappa shape index (κ1) is 18.8. The third kappa shape index (κ3) is 9.73. The van der Waals surface area contributed by atoms with Crippen molar-refractivity contribution in [2.75, 3.05) is 12.5 Å². The van der Waals surface area contributed by atoms with Gasteiger partial charge in [-0.15, -0.1) is 0 Å². The van der Waals surface area contributed by atoms with Gasteiger partial charge in [-0.25, -0.2) is 0 Å². The molecule has 108 valence electrons. The molecule has 0 aromatic heterocycles. The number of carbonyl (C=O) groups excluding carboxylic acids is 1. The SMILES string of the molecule is C[SH](C)(=O)/C=C(\O)CC[C@H](NP(P)P)C(=O)OP. The molecule has 0 aromatic carbocycles. The third-order valence-electron chi connectivity index (χ3n) is 1.85. The zero-order valence-electron chi connectivity index (χ0n) is 10.4. The highest BCUT2D eigenvalue weighted by Crippen LogP contribution is 2.49. The average Bonchev–Trinajstić information content (AvgIpc) is 2.20. The Labute approximate surface area is 117 Å². The first-order chi connectivity index (χ1) is 8.15. The molecule has 0 saturated heterocycles. The van der Waals surface area contributed by atoms with Crippen molar-refractivity contribution in [1.82, 2.24) is 5.09 Å². The molecule has 10 heteroatoms. The second kappa shape index (κ2) is 8.90. The van der Waals surface area contributed by atoms with E-state index in [9.17, 15) is 14.1 Å². The van der Waals surface area contributed by atoms with Crippen LogP contribution in [0.2, 0.25) is 0 Å². The Morgan fingerprint density at radius 3 is 2.50 bits per heavy atom. The maximum atomic E-state index is 11.5. The number of carbonyl (C=O) groups is 1. The summed E-state index contributed by atoms with van der Waals surface area (Å²) in [7, 11) is 4.00. The van der Waals surface area contributed by atoms with E-state index < -0.39 is 29.4 Å². The fraction of sp³-hybridized carbons (Fsp3) is 0.625. The molecule has 0 radical (unpaired) electrons. The third-order valence-corrected chi connectivity index (χ3v) is 4.51. The minimum Gasteiger partial charge on any atom is -0.512 e. The molecule has 0 heterocycles. The van der Waals surface area contributed by atoms with Gasteiger partial charge in [-0.1, -0.05) is 27.8 Å². The van der Waals surface area contributed by atoms with Gasteiger partial charge in [0.1, 0.15) is 6.04 Å². The highest BCUT2D eigenvalue weighted by atomic mass is 32.4. The number of hydrogen-bond acceptors (Lipinski definition) is 5. The van der Waals surface area contributed by atoms with Gasteiger partial charge in [-0.2, -0.15) is 0 Å². The summed E-state index contributed by atoms with van der Waals surface area (Å²) in [4.78, 5) is 11.5. The number of aliphatic hydroxyl groups excluding tert-OH is 1. The molecular formula is C8H21NO4P4S. The highest BCUT2D eigenvalue weighted by molar-refractivity contribution is 8.42. The lowest BCUT2D eigenvalue weighted by atomic mass is 10.1. The highest BCUT2D eigenvalue weighted by Gasteiger charge is 2.20. The summed E-state index contributed by atoms with van der Waals surface area (Å²) >= 11 is 0. The lowest BCUT2D eigenvalue weighted by Gasteiger charge is -2.18. The van der Waals surface area contributed by atoms with Crippen LogP contribution in [0.3, 0.4) is 0 Å². The van der Waals surface area contributed by atoms with Crippen molar-refractivity contribution in [2.45, 2.75) is 18.9 Å². The Balaban J connectivity index is 4.48. The minimum absolute atomic E-state index is 0.0449. The molecule has 2 N–H and O–H groups in total. The minimum atomic E-state index is -2.40. The lowest BCUT2D eigenvalue weighted by molar-refractivity contribution is -0.135. The summed E-state index contributed by atoms with van der Waals surface area (Å²) in [6.07, 6.45) is 3.81. The number of nitrogens with one attached hydrogen (secondary N) is 1. The molecule has 5 nitrogen and oxygen atoms in total. The van der Waals surface area contributed by atoms with E-state index in [0.29, 0.717) is 6.42 Å². The predicted molar refractivity (Wildman–Crippen MR) is 90.4 cm³/mol. The van der Waals surface area contributed by atoms with Crippen LogP contribution in [0.1, 0.15) is 12.8 Å². The number of rotatable bonds is 7. The summed E-state index contributed by atoms with van der Waals surface area (Å²) in [5.41, 5.74) is 0. The van der Waals surface area contributed by atoms with E-state index >= 15 is 0 Å². The normalized spacial score (nSPS) is 15.6. The van der Waals surface area contributed by atoms with E-state index in [1.54, 1.807) is 12.5 Å². The predicted octanol–water partition coefficient (Wildman–Crippen LogP) is 1.71. The first-order valence-electron chi connectivity index (χ1n) is 5.07. The number of allylic oxidation sites excluding steroid dienone is 1. The van der Waals surface area contributed by atoms with Crippen LogP contribution in [0.4, 0.5) is 0 Å². The van der Waals surface area contributed by atoms with Crippen LogP contribution >= 0.6 is 34.8 Å². The molecule has 0 saturated carbocycles. The quantitative estimate of drug-likeness (QED) is 0.370. The number of hydrogen-bond donors (Lipinski definition) is 3. The van der Waals surface area contributed by atoms with Crippen LogP contribution in [0.25, 0.3) is 0 Å². The lowest BCUT2D eigenvalue weighted by Crippen LogP contribution is -2.32. The maximum Gasteiger partial charge on any atom is 0.325 e. The molecule has 0 aliphatic rings. The van der Waals surface area contributed by atoms with Gasteiger partial charge in [0.15, 0.2) is 0 Å². The van der Waals surface area contributed by atoms with Crippen molar-refractivity contribution in [3.63, 3.8) is 0 Å². The van der Waals surface area contributed by atoms with Gasteiger partial charge in [0.05, 0.1) is 15.2 Å². The van der Waals surface area contributed by atoms with Gasteiger partial charge in [0.25, 0.3) is 0 Å². The molecular weight excluding hydrogens is 330 g/mol. The second-order valence-corrected chi connectivity index (χ2v) is 13.7. The van der Waals surface area contributed by atoms with Gasteiger partial charge >= 0.3 is 5.97 Å². The summed E-state index contributed by atoms with van der Waals surface area (Å²) in [5.74, 6) is -0.357. The summed E-state index contributed by atoms with van der Waals surface area (Å²) in [5, 5.41) is 14.0. The van der Waals surface area contributed by atoms with E-state index in [1.807, 2.05) is 9.47 Å². The molecule has 4 atom stereocenters. The molecule has 0 rings (SSSR count). The van der Waals surface area contributed by atoms with Crippen molar-refractivity contribution in [3.8, 4) is 0 Å². The molecule has 0 amide bonds. The topological polar surface area (TPSA) is 75.6 Å². The molecule has 3 unspecified atom stereocenters. The van der Waals surface area contributed by atoms with Gasteiger partial charge in [-0.3, -0.25) is 14.1 Å². The maximum absolute atomic E-state index is 11.5. The van der Waals surface area contributed by atoms with Crippen LogP contribution in [0, 0.1) is 0 Å². The van der Waals surface area contributed by atoms with Crippen molar-refractivity contribution >= 4 is 50.7 Å². The smallest absolute Gasteiger partial charge is 0.325 e. The zero-order valence-corrected chi connectivity index (χ0v) is 15.6. The number of thiol groups is 1. The Kier molecular flexibility index (Phi) is 9.32. The fourth-order valence-electron chi connectivity index (χ4n) is 1.21. The first-order valence-corrected chi connectivity index (χ1v) is 12.8. The molecule has 18 heavy (non-hydrogen) atoms. The van der Waals surface area contributed by atoms with Crippen LogP contribution < -0.4 is 5.09 Å². The fourth-order valence-corrected chi connectivity index (χ4v) is 3.90. The van der Waals surface area contributed by atoms with Crippen LogP contribution in [0.15, 0.2) is 11.2 Å². The monoisotopic (exact) mass is 351 g/mol. The molecule has 0 bridgehead atoms. The van der Waals surface area contributed by atoms with Gasteiger partial charge < -0.3 is 9.63 Å². The summed E-state index contributed by atoms with van der Waals surface area (Å²) in [6, 6.07) is -0.493. The van der Waals surface area contributed by atoms with Gasteiger partial charge in [0.2, 0.25) is 0 Å². The Hall–Kier alpha value is 0.840. The average molecular weight is 351 g/mol. The van der Waals surface area contributed by atoms with E-state index in [0.717, 1.165) is 0 Å². The molecule has 0 spiro atoms. The van der Waals surface area contributed by atoms with E-state index in [-0.39, 0.29) is 12.2 Å². The van der Waals surface area contributed by atoms with Crippen LogP contribution in [0.5, 0.6) is 0 Å². The van der Waals surface area contributed by atoms with Crippen LogP contribution in [-0.4, -0.2) is 33.8 Å². The van der Waals surface area contributed by atoms with Gasteiger partial charge in [-0.05, 0) is 26.4 Å². The molecule has 0 aromatic rings. The zero-order chi connectivity index (χ0) is 14.3. The largest absolute Gasteiger partial charge is 0.512 e. The van der Waals surface area contributed by atoms with Gasteiger partial charge in [0, 0.05) is 11.8 Å². The second-order valence-electron chi connectivity index (χ2n) is 4.12. The van der Waals surface area contributed by atoms with E-state index in [1.165, 1.54) is 5.41 Å². The van der Waals surface area contributed by atoms with Crippen molar-refractivity contribution in [3.05, 3.63) is 11.2 Å². The van der Waals surface area contributed by atoms with Crippen LogP contribution in [-0.2, 0) is 19.3 Å². The standard InChI is InChI=1S/C8H21NO4P4S/c1-18(2,12)5-6(10)3-4-7(8(11)13-14)9-17(15)16/h5,7,9-10,18H,3-4,14-16H2,1-2H3/b6-5-/t7-/m0/s1. The Morgan fingerprint density at radius 2 is 2.11 bits per heavy atom. The Morgan fingerprint density at radius 1 is 1.56 bits per heavy atom. The van der Waals surface area contributed by atoms with Crippen molar-refractivity contribution < 1.29 is 18.6 Å². The van der Waals surface area contributed by atoms with E-state index in [4.69, 9.17) is 0 Å². The molecule has 0 aliphatic heterocycles. The summed E-state index contributed by atoms with van der Waals surface area (Å²) < 4.78 is 16.1.